The fourth-order valence-corrected chi connectivity index (χ4v) is 5.02. The van der Waals surface area contributed by atoms with Gasteiger partial charge in [0.25, 0.3) is 5.91 Å². The highest BCUT2D eigenvalue weighted by atomic mass is 35.5. The number of halogens is 1. The highest BCUT2D eigenvalue weighted by Gasteiger charge is 2.31. The number of H-pyrrole nitrogens is 1. The maximum absolute atomic E-state index is 13.9. The zero-order chi connectivity index (χ0) is 24.2. The van der Waals surface area contributed by atoms with Gasteiger partial charge in [-0.3, -0.25) is 9.89 Å². The largest absolute Gasteiger partial charge is 0.380 e. The standard InChI is InChI=1S/C26H24ClN7O2/c27-19-5-6-32-15-28-22(23(32)7-19)12-34(26(35)21-8-29-31-25(21)18-13-36-14-18)11-20-10-33-9-17(16-1-2-16)3-4-24(33)30-20/h3-10,15-16,18H,1-2,11-14H2,(H,29,31). The molecule has 1 aliphatic heterocycles. The molecule has 0 spiro atoms. The Kier molecular flexibility index (Phi) is 5.07. The van der Waals surface area contributed by atoms with E-state index in [0.29, 0.717) is 42.8 Å². The van der Waals surface area contributed by atoms with E-state index >= 15 is 0 Å². The maximum Gasteiger partial charge on any atom is 0.258 e. The van der Waals surface area contributed by atoms with Crippen LogP contribution >= 0.6 is 11.6 Å². The number of nitrogens with zero attached hydrogens (tertiary/aromatic N) is 6. The van der Waals surface area contributed by atoms with E-state index in [0.717, 1.165) is 28.2 Å². The van der Waals surface area contributed by atoms with Crippen molar-refractivity contribution >= 4 is 28.7 Å². The Morgan fingerprint density at radius 1 is 1.14 bits per heavy atom. The van der Waals surface area contributed by atoms with Crippen LogP contribution < -0.4 is 0 Å². The lowest BCUT2D eigenvalue weighted by molar-refractivity contribution is 0.00621. The Bertz CT molecular complexity index is 1590. The van der Waals surface area contributed by atoms with Crippen molar-refractivity contribution in [2.75, 3.05) is 13.2 Å². The van der Waals surface area contributed by atoms with E-state index in [-0.39, 0.29) is 11.8 Å². The van der Waals surface area contributed by atoms with E-state index in [1.165, 1.54) is 18.4 Å². The zero-order valence-electron chi connectivity index (χ0n) is 19.5. The van der Waals surface area contributed by atoms with Crippen LogP contribution in [0.4, 0.5) is 0 Å². The topological polar surface area (TPSA) is 92.8 Å². The van der Waals surface area contributed by atoms with Crippen LogP contribution in [-0.2, 0) is 17.8 Å². The molecule has 6 heterocycles. The quantitative estimate of drug-likeness (QED) is 0.361. The lowest BCUT2D eigenvalue weighted by Gasteiger charge is -2.26. The second-order valence-electron chi connectivity index (χ2n) is 9.64. The van der Waals surface area contributed by atoms with Gasteiger partial charge in [0.05, 0.1) is 66.7 Å². The number of imidazole rings is 2. The molecule has 2 fully saturated rings. The molecule has 1 aliphatic carbocycles. The van der Waals surface area contributed by atoms with Crippen LogP contribution in [-0.4, -0.2) is 53.0 Å². The molecule has 2 aliphatic rings. The lowest BCUT2D eigenvalue weighted by atomic mass is 9.99. The van der Waals surface area contributed by atoms with Crippen LogP contribution in [0, 0.1) is 0 Å². The normalized spacial score (nSPS) is 16.0. The third kappa shape index (κ3) is 3.84. The predicted octanol–water partition coefficient (Wildman–Crippen LogP) is 4.19. The first kappa shape index (κ1) is 21.6. The molecule has 1 saturated carbocycles. The molecule has 0 atom stereocenters. The average molecular weight is 502 g/mol. The fraction of sp³-hybridized carbons (Fsp3) is 0.308. The highest BCUT2D eigenvalue weighted by Crippen LogP contribution is 2.40. The summed E-state index contributed by atoms with van der Waals surface area (Å²) in [6.45, 7) is 1.80. The predicted molar refractivity (Wildman–Crippen MR) is 133 cm³/mol. The van der Waals surface area contributed by atoms with Crippen LogP contribution in [0.1, 0.15) is 57.7 Å². The van der Waals surface area contributed by atoms with Crippen molar-refractivity contribution in [1.82, 2.24) is 33.9 Å². The third-order valence-corrected chi connectivity index (χ3v) is 7.29. The van der Waals surface area contributed by atoms with Gasteiger partial charge < -0.3 is 18.4 Å². The van der Waals surface area contributed by atoms with Gasteiger partial charge in [-0.25, -0.2) is 9.97 Å². The average Bonchev–Trinajstić information content (AvgIpc) is 3.26. The van der Waals surface area contributed by atoms with Gasteiger partial charge in [0, 0.05) is 29.8 Å². The van der Waals surface area contributed by atoms with Crippen LogP contribution in [0.3, 0.4) is 0 Å². The van der Waals surface area contributed by atoms with Gasteiger partial charge in [-0.05, 0) is 42.5 Å². The summed E-state index contributed by atoms with van der Waals surface area (Å²) in [5.41, 5.74) is 5.97. The first-order chi connectivity index (χ1) is 17.6. The molecule has 0 unspecified atom stereocenters. The summed E-state index contributed by atoms with van der Waals surface area (Å²) in [6.07, 6.45) is 11.9. The minimum atomic E-state index is -0.121. The second-order valence-corrected chi connectivity index (χ2v) is 10.1. The molecule has 0 radical (unpaired) electrons. The first-order valence-corrected chi connectivity index (χ1v) is 12.5. The van der Waals surface area contributed by atoms with Crippen molar-refractivity contribution < 1.29 is 9.53 Å². The Morgan fingerprint density at radius 2 is 2.03 bits per heavy atom. The molecule has 7 rings (SSSR count). The molecule has 0 aromatic carbocycles. The number of nitrogens with one attached hydrogen (secondary N) is 1. The fourth-order valence-electron chi connectivity index (χ4n) is 4.86. The van der Waals surface area contributed by atoms with Crippen LogP contribution in [0.15, 0.2) is 55.4 Å². The van der Waals surface area contributed by atoms with Gasteiger partial charge >= 0.3 is 0 Å². The molecule has 9 nitrogen and oxygen atoms in total. The van der Waals surface area contributed by atoms with Crippen LogP contribution in [0.5, 0.6) is 0 Å². The van der Waals surface area contributed by atoms with Gasteiger partial charge in [-0.15, -0.1) is 0 Å². The number of hydrogen-bond acceptors (Lipinski definition) is 5. The number of carbonyl (C=O) groups is 1. The number of rotatable bonds is 7. The van der Waals surface area contributed by atoms with E-state index < -0.39 is 0 Å². The van der Waals surface area contributed by atoms with Gasteiger partial charge in [-0.2, -0.15) is 5.10 Å². The molecule has 10 heteroatoms. The van der Waals surface area contributed by atoms with Crippen LogP contribution in [0.2, 0.25) is 5.02 Å². The molecule has 182 valence electrons. The van der Waals surface area contributed by atoms with E-state index in [4.69, 9.17) is 21.3 Å². The number of carbonyl (C=O) groups excluding carboxylic acids is 1. The number of amides is 1. The van der Waals surface area contributed by atoms with Crippen molar-refractivity contribution in [1.29, 1.82) is 0 Å². The van der Waals surface area contributed by atoms with E-state index in [1.54, 1.807) is 17.4 Å². The van der Waals surface area contributed by atoms with Gasteiger partial charge in [-0.1, -0.05) is 17.7 Å². The van der Waals surface area contributed by atoms with Crippen molar-refractivity contribution in [2.24, 2.45) is 0 Å². The molecule has 1 N–H and O–H groups in total. The minimum absolute atomic E-state index is 0.121. The molecule has 36 heavy (non-hydrogen) atoms. The summed E-state index contributed by atoms with van der Waals surface area (Å²) in [5.74, 6) is 0.666. The summed E-state index contributed by atoms with van der Waals surface area (Å²) in [6, 6.07) is 7.89. The van der Waals surface area contributed by atoms with E-state index in [1.807, 2.05) is 28.9 Å². The number of hydrogen-bond donors (Lipinski definition) is 1. The molecular formula is C26H24ClN7O2. The van der Waals surface area contributed by atoms with Crippen molar-refractivity contribution in [3.8, 4) is 0 Å². The molecule has 5 aromatic rings. The maximum atomic E-state index is 13.9. The Morgan fingerprint density at radius 3 is 2.83 bits per heavy atom. The third-order valence-electron chi connectivity index (χ3n) is 7.06. The highest BCUT2D eigenvalue weighted by molar-refractivity contribution is 6.30. The number of ether oxygens (including phenoxy) is 1. The zero-order valence-corrected chi connectivity index (χ0v) is 20.2. The van der Waals surface area contributed by atoms with Crippen molar-refractivity contribution in [3.63, 3.8) is 0 Å². The number of fused-ring (bicyclic) bond motifs is 2. The van der Waals surface area contributed by atoms with E-state index in [2.05, 4.69) is 37.9 Å². The Balaban J connectivity index is 1.24. The Labute approximate surface area is 211 Å². The monoisotopic (exact) mass is 501 g/mol. The lowest BCUT2D eigenvalue weighted by Crippen LogP contribution is -2.33. The van der Waals surface area contributed by atoms with Crippen LogP contribution in [0.25, 0.3) is 11.2 Å². The Hall–Kier alpha value is -3.69. The summed E-state index contributed by atoms with van der Waals surface area (Å²) in [4.78, 5) is 25.1. The SMILES string of the molecule is O=C(c1c[nH]nc1C1COC1)N(Cc1cn2cc(C3CC3)ccc2n1)Cc1ncn2ccc(Cl)cc12. The van der Waals surface area contributed by atoms with Gasteiger partial charge in [0.1, 0.15) is 5.65 Å². The van der Waals surface area contributed by atoms with Gasteiger partial charge in [0.15, 0.2) is 0 Å². The molecule has 1 amide bonds. The molecule has 0 bridgehead atoms. The van der Waals surface area contributed by atoms with Gasteiger partial charge in [0.2, 0.25) is 0 Å². The molecule has 1 saturated heterocycles. The number of aromatic amines is 1. The summed E-state index contributed by atoms with van der Waals surface area (Å²) >= 11 is 6.26. The molecule has 5 aromatic heterocycles. The second kappa shape index (κ2) is 8.46. The smallest absolute Gasteiger partial charge is 0.258 e. The summed E-state index contributed by atoms with van der Waals surface area (Å²) in [7, 11) is 0. The summed E-state index contributed by atoms with van der Waals surface area (Å²) < 4.78 is 9.31. The number of pyridine rings is 2. The van der Waals surface area contributed by atoms with Crippen molar-refractivity contribution in [3.05, 3.63) is 88.6 Å². The minimum Gasteiger partial charge on any atom is -0.380 e. The first-order valence-electron chi connectivity index (χ1n) is 12.1. The van der Waals surface area contributed by atoms with E-state index in [9.17, 15) is 4.79 Å². The summed E-state index contributed by atoms with van der Waals surface area (Å²) in [5, 5.41) is 7.86. The molecular weight excluding hydrogens is 478 g/mol. The van der Waals surface area contributed by atoms with Crippen molar-refractivity contribution in [2.45, 2.75) is 37.8 Å². The number of aromatic nitrogens is 6.